The van der Waals surface area contributed by atoms with Crippen LogP contribution in [0.5, 0.6) is 0 Å². The Kier molecular flexibility index (Phi) is 6.24. The predicted molar refractivity (Wildman–Crippen MR) is 58.2 cm³/mol. The van der Waals surface area contributed by atoms with Gasteiger partial charge in [0.25, 0.3) is 0 Å². The van der Waals surface area contributed by atoms with Gasteiger partial charge in [-0.3, -0.25) is 4.79 Å². The third-order valence-corrected chi connectivity index (χ3v) is 2.30. The molecule has 0 aromatic heterocycles. The number of rotatable bonds is 3. The molecule has 0 saturated heterocycles. The van der Waals surface area contributed by atoms with Crippen molar-refractivity contribution in [3.05, 3.63) is 42.3 Å². The van der Waals surface area contributed by atoms with Crippen molar-refractivity contribution in [1.29, 1.82) is 0 Å². The van der Waals surface area contributed by atoms with Crippen molar-refractivity contribution in [3.63, 3.8) is 0 Å². The Morgan fingerprint density at radius 1 is 1.27 bits per heavy atom. The first-order valence-electron chi connectivity index (χ1n) is 4.91. The summed E-state index contributed by atoms with van der Waals surface area (Å²) < 4.78 is 0. The molecule has 0 fully saturated rings. The summed E-state index contributed by atoms with van der Waals surface area (Å²) >= 11 is 0. The van der Waals surface area contributed by atoms with E-state index in [-0.39, 0.29) is 24.8 Å². The maximum absolute atomic E-state index is 11.9. The molecule has 0 aliphatic carbocycles. The summed E-state index contributed by atoms with van der Waals surface area (Å²) in [7, 11) is 0. The molecule has 0 saturated carbocycles. The van der Waals surface area contributed by atoms with Crippen LogP contribution in [0.15, 0.2) is 24.3 Å². The van der Waals surface area contributed by atoms with Crippen LogP contribution >= 0.6 is 0 Å². The zero-order chi connectivity index (χ0) is 10.6. The number of amides is 1. The quantitative estimate of drug-likeness (QED) is 0.466. The summed E-state index contributed by atoms with van der Waals surface area (Å²) in [5.41, 5.74) is 1.50. The van der Waals surface area contributed by atoms with Crippen molar-refractivity contribution in [3.8, 4) is 0 Å². The molecule has 1 aromatic rings. The fourth-order valence-electron chi connectivity index (χ4n) is 1.41. The Morgan fingerprint density at radius 3 is 2.27 bits per heavy atom. The maximum Gasteiger partial charge on any atom is 1.00 e. The van der Waals surface area contributed by atoms with Gasteiger partial charge in [-0.15, -0.1) is 12.1 Å². The molecule has 0 heterocycles. The monoisotopic (exact) mass is 197 g/mol. The van der Waals surface area contributed by atoms with E-state index in [1.165, 1.54) is 0 Å². The van der Waals surface area contributed by atoms with Gasteiger partial charge in [-0.25, -0.2) is 0 Å². The SMILES string of the molecule is [CH2-]c1ccccc1C(=O)N(CC)CC.[Li+]. The Balaban J connectivity index is 0.00000196. The van der Waals surface area contributed by atoms with Crippen molar-refractivity contribution >= 4 is 5.91 Å². The largest absolute Gasteiger partial charge is 1.00 e. The Hall–Kier alpha value is -0.843. The second-order valence-electron chi connectivity index (χ2n) is 3.13. The zero-order valence-electron chi connectivity index (χ0n) is 9.79. The Morgan fingerprint density at radius 2 is 1.80 bits per heavy atom. The Bertz CT molecular complexity index is 321. The van der Waals surface area contributed by atoms with Crippen molar-refractivity contribution in [1.82, 2.24) is 4.90 Å². The smallest absolute Gasteiger partial charge is 0.350 e. The van der Waals surface area contributed by atoms with Gasteiger partial charge in [0.05, 0.1) is 0 Å². The minimum Gasteiger partial charge on any atom is -0.350 e. The molecule has 0 aliphatic heterocycles. The second-order valence-corrected chi connectivity index (χ2v) is 3.13. The molecule has 0 bridgehead atoms. The van der Waals surface area contributed by atoms with E-state index >= 15 is 0 Å². The van der Waals surface area contributed by atoms with E-state index in [1.807, 2.05) is 38.1 Å². The van der Waals surface area contributed by atoms with E-state index in [4.69, 9.17) is 0 Å². The van der Waals surface area contributed by atoms with Crippen molar-refractivity contribution in [2.45, 2.75) is 13.8 Å². The summed E-state index contributed by atoms with van der Waals surface area (Å²) in [5.74, 6) is 0.0700. The predicted octanol–water partition coefficient (Wildman–Crippen LogP) is -0.645. The third kappa shape index (κ3) is 3.34. The van der Waals surface area contributed by atoms with Crippen LogP contribution in [0.4, 0.5) is 0 Å². The van der Waals surface area contributed by atoms with E-state index in [2.05, 4.69) is 6.92 Å². The van der Waals surface area contributed by atoms with Gasteiger partial charge in [0, 0.05) is 13.1 Å². The number of hydrogen-bond donors (Lipinski definition) is 0. The van der Waals surface area contributed by atoms with Gasteiger partial charge in [-0.1, -0.05) is 11.6 Å². The fraction of sp³-hybridized carbons (Fsp3) is 0.333. The van der Waals surface area contributed by atoms with Crippen LogP contribution in [0.2, 0.25) is 0 Å². The minimum absolute atomic E-state index is 0. The van der Waals surface area contributed by atoms with Gasteiger partial charge in [-0.05, 0) is 13.8 Å². The van der Waals surface area contributed by atoms with Crippen LogP contribution in [-0.4, -0.2) is 23.9 Å². The van der Waals surface area contributed by atoms with Crippen LogP contribution in [0.25, 0.3) is 0 Å². The number of carbonyl (C=O) groups is 1. The molecule has 3 heteroatoms. The Labute approximate surface area is 104 Å². The fourth-order valence-corrected chi connectivity index (χ4v) is 1.41. The van der Waals surface area contributed by atoms with Gasteiger partial charge in [0.2, 0.25) is 0 Å². The molecule has 15 heavy (non-hydrogen) atoms. The molecule has 0 radical (unpaired) electrons. The van der Waals surface area contributed by atoms with Crippen molar-refractivity contribution in [2.75, 3.05) is 13.1 Å². The van der Waals surface area contributed by atoms with Crippen LogP contribution in [0, 0.1) is 6.92 Å². The van der Waals surface area contributed by atoms with Gasteiger partial charge in [0.15, 0.2) is 5.91 Å². The minimum atomic E-state index is 0. The van der Waals surface area contributed by atoms with Gasteiger partial charge < -0.3 is 4.90 Å². The molecule has 76 valence electrons. The molecule has 0 spiro atoms. The number of nitrogens with zero attached hydrogens (tertiary/aromatic N) is 1. The zero-order valence-corrected chi connectivity index (χ0v) is 9.79. The number of hydrogen-bond acceptors (Lipinski definition) is 1. The van der Waals surface area contributed by atoms with Crippen LogP contribution < -0.4 is 18.9 Å². The number of carbonyl (C=O) groups excluding carboxylic acids is 1. The number of benzene rings is 1. The molecule has 1 aromatic carbocycles. The average molecular weight is 197 g/mol. The standard InChI is InChI=1S/C12H16NO.Li/c1-4-13(5-2)12(14)11-9-7-6-8-10(11)3;/h6-9H,3-5H2,1-2H3;/q-1;+1. The van der Waals surface area contributed by atoms with E-state index in [0.717, 1.165) is 18.7 Å². The second kappa shape index (κ2) is 6.61. The summed E-state index contributed by atoms with van der Waals surface area (Å²) in [6.45, 7) is 9.28. The van der Waals surface area contributed by atoms with Gasteiger partial charge in [-0.2, -0.15) is 18.6 Å². The molecule has 1 amide bonds. The first-order chi connectivity index (χ1) is 6.70. The summed E-state index contributed by atoms with van der Waals surface area (Å²) in [6, 6.07) is 7.44. The van der Waals surface area contributed by atoms with Gasteiger partial charge >= 0.3 is 18.9 Å². The molecular formula is C12H16LiNO. The van der Waals surface area contributed by atoms with Crippen LogP contribution in [-0.2, 0) is 0 Å². The molecule has 2 nitrogen and oxygen atoms in total. The molecule has 0 N–H and O–H groups in total. The molecular weight excluding hydrogens is 181 g/mol. The van der Waals surface area contributed by atoms with Crippen molar-refractivity contribution < 1.29 is 23.7 Å². The van der Waals surface area contributed by atoms with Crippen LogP contribution in [0.3, 0.4) is 0 Å². The van der Waals surface area contributed by atoms with E-state index in [1.54, 1.807) is 4.90 Å². The first-order valence-corrected chi connectivity index (χ1v) is 4.91. The summed E-state index contributed by atoms with van der Waals surface area (Å²) in [6.07, 6.45) is 0. The van der Waals surface area contributed by atoms with E-state index in [9.17, 15) is 4.79 Å². The molecule has 0 aliphatic rings. The first kappa shape index (κ1) is 14.2. The summed E-state index contributed by atoms with van der Waals surface area (Å²) in [5, 5.41) is 0. The van der Waals surface area contributed by atoms with Crippen molar-refractivity contribution in [2.24, 2.45) is 0 Å². The van der Waals surface area contributed by atoms with E-state index in [0.29, 0.717) is 5.56 Å². The van der Waals surface area contributed by atoms with E-state index < -0.39 is 0 Å². The topological polar surface area (TPSA) is 20.3 Å². The molecule has 0 unspecified atom stereocenters. The normalized spacial score (nSPS) is 9.20. The maximum atomic E-state index is 11.9. The van der Waals surface area contributed by atoms with Crippen LogP contribution in [0.1, 0.15) is 29.8 Å². The molecule has 0 atom stereocenters. The molecule has 1 rings (SSSR count). The third-order valence-electron chi connectivity index (χ3n) is 2.30. The average Bonchev–Trinajstić information content (AvgIpc) is 2.20. The van der Waals surface area contributed by atoms with Gasteiger partial charge in [0.1, 0.15) is 0 Å². The summed E-state index contributed by atoms with van der Waals surface area (Å²) in [4.78, 5) is 13.7.